The lowest BCUT2D eigenvalue weighted by atomic mass is 10.1. The Bertz CT molecular complexity index is 321. The molecule has 0 saturated carbocycles. The fourth-order valence-electron chi connectivity index (χ4n) is 0.878. The third-order valence-electron chi connectivity index (χ3n) is 1.82. The van der Waals surface area contributed by atoms with E-state index in [2.05, 4.69) is 0 Å². The highest BCUT2D eigenvalue weighted by Gasteiger charge is 2.07. The fourth-order valence-corrected chi connectivity index (χ4v) is 1.06. The van der Waals surface area contributed by atoms with Crippen LogP contribution in [-0.4, -0.2) is 12.4 Å². The molecule has 14 heavy (non-hydrogen) atoms. The van der Waals surface area contributed by atoms with E-state index >= 15 is 0 Å². The molecule has 0 spiro atoms. The zero-order valence-corrected chi connectivity index (χ0v) is 9.04. The maximum absolute atomic E-state index is 11.2. The van der Waals surface area contributed by atoms with Crippen LogP contribution in [0.25, 0.3) is 0 Å². The van der Waals surface area contributed by atoms with Gasteiger partial charge in [0.1, 0.15) is 12.4 Å². The van der Waals surface area contributed by atoms with E-state index in [4.69, 9.17) is 16.3 Å². The number of benzene rings is 1. The van der Waals surface area contributed by atoms with Crippen LogP contribution in [0, 0.1) is 5.92 Å². The number of carbonyl (C=O) groups is 1. The predicted molar refractivity (Wildman–Crippen MR) is 56.8 cm³/mol. The zero-order valence-electron chi connectivity index (χ0n) is 8.29. The van der Waals surface area contributed by atoms with Crippen LogP contribution in [0.5, 0.6) is 5.75 Å². The van der Waals surface area contributed by atoms with E-state index in [1.807, 2.05) is 13.8 Å². The summed E-state index contributed by atoms with van der Waals surface area (Å²) >= 11 is 5.76. The summed E-state index contributed by atoms with van der Waals surface area (Å²) in [7, 11) is 0. The lowest BCUT2D eigenvalue weighted by molar-refractivity contribution is -0.123. The molecule has 0 aliphatic heterocycles. The Morgan fingerprint density at radius 1 is 1.50 bits per heavy atom. The summed E-state index contributed by atoms with van der Waals surface area (Å²) < 4.78 is 5.28. The van der Waals surface area contributed by atoms with E-state index in [1.165, 1.54) is 0 Å². The first kappa shape index (κ1) is 11.1. The van der Waals surface area contributed by atoms with Crippen LogP contribution < -0.4 is 4.74 Å². The van der Waals surface area contributed by atoms with Gasteiger partial charge in [-0.15, -0.1) is 0 Å². The zero-order chi connectivity index (χ0) is 10.6. The van der Waals surface area contributed by atoms with E-state index in [0.29, 0.717) is 10.8 Å². The average Bonchev–Trinajstić information content (AvgIpc) is 2.14. The minimum Gasteiger partial charge on any atom is -0.486 e. The summed E-state index contributed by atoms with van der Waals surface area (Å²) in [6.07, 6.45) is 0. The van der Waals surface area contributed by atoms with Gasteiger partial charge < -0.3 is 4.74 Å². The Balaban J connectivity index is 2.50. The van der Waals surface area contributed by atoms with Crippen LogP contribution in [0.3, 0.4) is 0 Å². The molecule has 2 nitrogen and oxygen atoms in total. The standard InChI is InChI=1S/C11H13ClO2/c1-8(2)11(13)7-14-10-5-3-4-9(12)6-10/h3-6,8H,7H2,1-2H3. The molecule has 1 aromatic rings. The smallest absolute Gasteiger partial charge is 0.172 e. The van der Waals surface area contributed by atoms with Crippen molar-refractivity contribution >= 4 is 17.4 Å². The Morgan fingerprint density at radius 2 is 2.21 bits per heavy atom. The van der Waals surface area contributed by atoms with Crippen molar-refractivity contribution in [1.82, 2.24) is 0 Å². The van der Waals surface area contributed by atoms with Gasteiger partial charge in [0.2, 0.25) is 0 Å². The van der Waals surface area contributed by atoms with Crippen molar-refractivity contribution in [1.29, 1.82) is 0 Å². The largest absolute Gasteiger partial charge is 0.486 e. The minimum absolute atomic E-state index is 0.00850. The summed E-state index contributed by atoms with van der Waals surface area (Å²) in [6, 6.07) is 7.02. The van der Waals surface area contributed by atoms with Gasteiger partial charge in [0.15, 0.2) is 5.78 Å². The van der Waals surface area contributed by atoms with Crippen LogP contribution in [0.4, 0.5) is 0 Å². The number of halogens is 1. The number of hydrogen-bond donors (Lipinski definition) is 0. The number of carbonyl (C=O) groups excluding carboxylic acids is 1. The number of Topliss-reactive ketones (excluding diaryl/α,β-unsaturated/α-hetero) is 1. The number of ketones is 1. The van der Waals surface area contributed by atoms with E-state index in [-0.39, 0.29) is 18.3 Å². The molecule has 0 aromatic heterocycles. The Kier molecular flexibility index (Phi) is 3.96. The van der Waals surface area contributed by atoms with Crippen LogP contribution in [0.1, 0.15) is 13.8 Å². The van der Waals surface area contributed by atoms with Gasteiger partial charge in [-0.1, -0.05) is 31.5 Å². The van der Waals surface area contributed by atoms with Crippen molar-refractivity contribution < 1.29 is 9.53 Å². The van der Waals surface area contributed by atoms with E-state index in [0.717, 1.165) is 0 Å². The normalized spacial score (nSPS) is 10.3. The molecule has 1 aromatic carbocycles. The van der Waals surface area contributed by atoms with Crippen molar-refractivity contribution in [3.05, 3.63) is 29.3 Å². The fraction of sp³-hybridized carbons (Fsp3) is 0.364. The van der Waals surface area contributed by atoms with E-state index < -0.39 is 0 Å². The predicted octanol–water partition coefficient (Wildman–Crippen LogP) is 2.94. The molecule has 3 heteroatoms. The quantitative estimate of drug-likeness (QED) is 0.767. The van der Waals surface area contributed by atoms with Gasteiger partial charge in [-0.25, -0.2) is 0 Å². The first-order valence-electron chi connectivity index (χ1n) is 4.50. The number of ether oxygens (including phenoxy) is 1. The third kappa shape index (κ3) is 3.38. The molecule has 0 heterocycles. The van der Waals surface area contributed by atoms with Crippen LogP contribution in [0.15, 0.2) is 24.3 Å². The topological polar surface area (TPSA) is 26.3 Å². The highest BCUT2D eigenvalue weighted by Crippen LogP contribution is 2.17. The maximum Gasteiger partial charge on any atom is 0.172 e. The molecule has 0 aliphatic carbocycles. The SMILES string of the molecule is CC(C)C(=O)COc1cccc(Cl)c1. The number of rotatable bonds is 4. The van der Waals surface area contributed by atoms with E-state index in [1.54, 1.807) is 24.3 Å². The molecule has 0 saturated heterocycles. The van der Waals surface area contributed by atoms with Gasteiger partial charge in [0, 0.05) is 10.9 Å². The highest BCUT2D eigenvalue weighted by molar-refractivity contribution is 6.30. The molecular formula is C11H13ClO2. The summed E-state index contributed by atoms with van der Waals surface area (Å²) in [5.41, 5.74) is 0. The lowest BCUT2D eigenvalue weighted by Gasteiger charge is -2.07. The summed E-state index contributed by atoms with van der Waals surface area (Å²) in [4.78, 5) is 11.2. The van der Waals surface area contributed by atoms with Crippen molar-refractivity contribution in [2.75, 3.05) is 6.61 Å². The van der Waals surface area contributed by atoms with Crippen LogP contribution in [0.2, 0.25) is 5.02 Å². The Labute approximate surface area is 88.8 Å². The summed E-state index contributed by atoms with van der Waals surface area (Å²) in [6.45, 7) is 3.81. The molecule has 0 unspecified atom stereocenters. The third-order valence-corrected chi connectivity index (χ3v) is 2.06. The van der Waals surface area contributed by atoms with Crippen molar-refractivity contribution in [2.24, 2.45) is 5.92 Å². The van der Waals surface area contributed by atoms with Gasteiger partial charge in [0.05, 0.1) is 0 Å². The second-order valence-electron chi connectivity index (χ2n) is 3.37. The van der Waals surface area contributed by atoms with Crippen LogP contribution in [-0.2, 0) is 4.79 Å². The second-order valence-corrected chi connectivity index (χ2v) is 3.80. The maximum atomic E-state index is 11.2. The highest BCUT2D eigenvalue weighted by atomic mass is 35.5. The molecule has 1 rings (SSSR count). The Hall–Kier alpha value is -1.02. The van der Waals surface area contributed by atoms with E-state index in [9.17, 15) is 4.79 Å². The molecule has 0 atom stereocenters. The second kappa shape index (κ2) is 5.01. The molecule has 76 valence electrons. The van der Waals surface area contributed by atoms with Gasteiger partial charge in [-0.05, 0) is 18.2 Å². The first-order chi connectivity index (χ1) is 6.59. The number of hydrogen-bond acceptors (Lipinski definition) is 2. The summed E-state index contributed by atoms with van der Waals surface area (Å²) in [5, 5.41) is 0.611. The minimum atomic E-state index is 0.00850. The van der Waals surface area contributed by atoms with Crippen molar-refractivity contribution in [3.8, 4) is 5.75 Å². The van der Waals surface area contributed by atoms with Gasteiger partial charge >= 0.3 is 0 Å². The van der Waals surface area contributed by atoms with Crippen molar-refractivity contribution in [3.63, 3.8) is 0 Å². The lowest BCUT2D eigenvalue weighted by Crippen LogP contribution is -2.16. The Morgan fingerprint density at radius 3 is 2.79 bits per heavy atom. The monoisotopic (exact) mass is 212 g/mol. The van der Waals surface area contributed by atoms with Crippen molar-refractivity contribution in [2.45, 2.75) is 13.8 Å². The van der Waals surface area contributed by atoms with Crippen LogP contribution >= 0.6 is 11.6 Å². The molecule has 0 radical (unpaired) electrons. The molecular weight excluding hydrogens is 200 g/mol. The molecule has 0 N–H and O–H groups in total. The molecule has 0 aliphatic rings. The van der Waals surface area contributed by atoms with Gasteiger partial charge in [-0.3, -0.25) is 4.79 Å². The average molecular weight is 213 g/mol. The molecule has 0 bridgehead atoms. The summed E-state index contributed by atoms with van der Waals surface area (Å²) in [5.74, 6) is 0.727. The van der Waals surface area contributed by atoms with Gasteiger partial charge in [0.25, 0.3) is 0 Å². The molecule has 0 fully saturated rings. The molecule has 0 amide bonds. The van der Waals surface area contributed by atoms with Gasteiger partial charge in [-0.2, -0.15) is 0 Å². The first-order valence-corrected chi connectivity index (χ1v) is 4.88.